The number of phenolic OH excluding ortho intramolecular Hbond substituents is 1. The average molecular weight is 841 g/mol. The van der Waals surface area contributed by atoms with Crippen LogP contribution in [0.1, 0.15) is 45.1 Å². The number of alkyl halides is 6. The predicted octanol–water partition coefficient (Wildman–Crippen LogP) is 8.61. The number of aromatic nitrogens is 2. The number of sulfonamides is 2. The highest BCUT2D eigenvalue weighted by Gasteiger charge is 2.33. The summed E-state index contributed by atoms with van der Waals surface area (Å²) in [6.07, 6.45) is -9.00. The van der Waals surface area contributed by atoms with Crippen molar-refractivity contribution in [2.45, 2.75) is 40.9 Å². The standard InChI is InChI=1S/C41H34F6N4O5S2/c42-40(43,44)26-11-17-29(18-12-26)57(53,54)48-23-21-33-31-5-1-3-7-35(31)50-38(33)37(25-9-15-28(52)16-10-25)39-34(32-6-2-4-8-36(32)51-39)22-24-49-58(55,56)30-19-13-27(14-20-30)41(45,46)47/h1-20,37,48-52H,21-24H2. The fourth-order valence-corrected chi connectivity index (χ4v) is 9.11. The molecule has 0 aliphatic heterocycles. The van der Waals surface area contributed by atoms with Crippen molar-refractivity contribution in [1.82, 2.24) is 19.4 Å². The second-order valence-electron chi connectivity index (χ2n) is 13.5. The first-order valence-corrected chi connectivity index (χ1v) is 20.7. The number of hydrogen-bond donors (Lipinski definition) is 5. The predicted molar refractivity (Wildman–Crippen MR) is 206 cm³/mol. The van der Waals surface area contributed by atoms with E-state index in [1.54, 1.807) is 12.1 Å². The van der Waals surface area contributed by atoms with E-state index in [-0.39, 0.29) is 41.5 Å². The molecule has 0 aliphatic rings. The Kier molecular flexibility index (Phi) is 10.9. The Hall–Kier alpha value is -5.62. The number of aromatic amines is 2. The molecule has 7 aromatic rings. The molecule has 2 aromatic heterocycles. The zero-order valence-corrected chi connectivity index (χ0v) is 31.8. The molecular formula is C41H34F6N4O5S2. The SMILES string of the molecule is O=S(=O)(NCCc1c(C(c2ccc(O)cc2)c2[nH]c3ccccc3c2CCNS(=O)(=O)c2ccc(C(F)(F)F)cc2)[nH]c2ccccc12)c1ccc(C(F)(F)F)cc1. The molecule has 58 heavy (non-hydrogen) atoms. The van der Waals surface area contributed by atoms with Gasteiger partial charge in [0.15, 0.2) is 0 Å². The molecule has 5 N–H and O–H groups in total. The van der Waals surface area contributed by atoms with Gasteiger partial charge in [0.1, 0.15) is 5.75 Å². The lowest BCUT2D eigenvalue weighted by atomic mass is 9.86. The lowest BCUT2D eigenvalue weighted by Gasteiger charge is -2.21. The maximum absolute atomic E-state index is 13.2. The Morgan fingerprint density at radius 2 is 0.914 bits per heavy atom. The maximum atomic E-state index is 13.2. The quantitative estimate of drug-likeness (QED) is 0.0739. The Balaban J connectivity index is 1.25. The molecule has 0 spiro atoms. The Bertz CT molecular complexity index is 2630. The van der Waals surface area contributed by atoms with Gasteiger partial charge in [-0.25, -0.2) is 26.3 Å². The van der Waals surface area contributed by atoms with Gasteiger partial charge in [-0.05, 0) is 102 Å². The summed E-state index contributed by atoms with van der Waals surface area (Å²) < 4.78 is 137. The molecule has 0 amide bonds. The number of H-pyrrole nitrogens is 2. The highest BCUT2D eigenvalue weighted by atomic mass is 32.2. The van der Waals surface area contributed by atoms with E-state index in [0.717, 1.165) is 57.2 Å². The van der Waals surface area contributed by atoms with E-state index >= 15 is 0 Å². The first-order chi connectivity index (χ1) is 27.4. The van der Waals surface area contributed by atoms with Crippen LogP contribution in [-0.2, 0) is 45.2 Å². The molecule has 17 heteroatoms. The number of benzene rings is 5. The molecule has 5 aromatic carbocycles. The molecular weight excluding hydrogens is 807 g/mol. The van der Waals surface area contributed by atoms with Crippen LogP contribution in [0, 0.1) is 0 Å². The van der Waals surface area contributed by atoms with Gasteiger partial charge in [-0.15, -0.1) is 0 Å². The van der Waals surface area contributed by atoms with Gasteiger partial charge < -0.3 is 15.1 Å². The number of hydrogen-bond acceptors (Lipinski definition) is 5. The number of para-hydroxylation sites is 2. The van der Waals surface area contributed by atoms with E-state index in [0.29, 0.717) is 41.2 Å². The number of nitrogens with one attached hydrogen (secondary N) is 4. The largest absolute Gasteiger partial charge is 0.508 e. The molecule has 0 saturated heterocycles. The highest BCUT2D eigenvalue weighted by Crippen LogP contribution is 2.41. The lowest BCUT2D eigenvalue weighted by Crippen LogP contribution is -2.27. The summed E-state index contributed by atoms with van der Waals surface area (Å²) in [4.78, 5) is 6.34. The highest BCUT2D eigenvalue weighted by molar-refractivity contribution is 7.89. The Labute approximate surface area is 328 Å². The zero-order valence-electron chi connectivity index (χ0n) is 30.1. The number of halogens is 6. The minimum atomic E-state index is -4.63. The van der Waals surface area contributed by atoms with E-state index in [2.05, 4.69) is 19.4 Å². The van der Waals surface area contributed by atoms with E-state index in [4.69, 9.17) is 0 Å². The first-order valence-electron chi connectivity index (χ1n) is 17.7. The van der Waals surface area contributed by atoms with Crippen LogP contribution < -0.4 is 9.44 Å². The topological polar surface area (TPSA) is 144 Å². The molecule has 0 fully saturated rings. The van der Waals surface area contributed by atoms with Gasteiger partial charge in [0, 0.05) is 46.3 Å². The first kappa shape index (κ1) is 40.6. The van der Waals surface area contributed by atoms with Crippen LogP contribution in [0.15, 0.2) is 131 Å². The van der Waals surface area contributed by atoms with E-state index in [1.165, 1.54) is 12.1 Å². The average Bonchev–Trinajstić information content (AvgIpc) is 3.73. The van der Waals surface area contributed by atoms with E-state index < -0.39 is 49.4 Å². The minimum Gasteiger partial charge on any atom is -0.508 e. The fraction of sp³-hybridized carbons (Fsp3) is 0.171. The van der Waals surface area contributed by atoms with Gasteiger partial charge in [-0.2, -0.15) is 26.3 Å². The molecule has 7 rings (SSSR count). The van der Waals surface area contributed by atoms with E-state index in [1.807, 2.05) is 48.5 Å². The third-order valence-electron chi connectivity index (χ3n) is 9.82. The van der Waals surface area contributed by atoms with Crippen LogP contribution in [0.3, 0.4) is 0 Å². The molecule has 302 valence electrons. The Morgan fingerprint density at radius 1 is 0.534 bits per heavy atom. The van der Waals surface area contributed by atoms with Crippen LogP contribution >= 0.6 is 0 Å². The third kappa shape index (κ3) is 8.48. The van der Waals surface area contributed by atoms with Crippen molar-refractivity contribution in [1.29, 1.82) is 0 Å². The number of fused-ring (bicyclic) bond motifs is 2. The minimum absolute atomic E-state index is 0.00610. The van der Waals surface area contributed by atoms with Crippen molar-refractivity contribution >= 4 is 41.9 Å². The van der Waals surface area contributed by atoms with Crippen LogP contribution in [0.4, 0.5) is 26.3 Å². The summed E-state index contributed by atoms with van der Waals surface area (Å²) >= 11 is 0. The Morgan fingerprint density at radius 3 is 1.29 bits per heavy atom. The fourth-order valence-electron chi connectivity index (χ4n) is 7.05. The summed E-state index contributed by atoms with van der Waals surface area (Å²) in [5, 5.41) is 11.8. The molecule has 0 radical (unpaired) electrons. The summed E-state index contributed by atoms with van der Waals surface area (Å²) in [7, 11) is -8.43. The molecule has 0 saturated carbocycles. The van der Waals surface area contributed by atoms with Gasteiger partial charge in [0.2, 0.25) is 20.0 Å². The number of phenols is 1. The summed E-state index contributed by atoms with van der Waals surface area (Å²) in [5.74, 6) is -0.630. The van der Waals surface area contributed by atoms with Crippen molar-refractivity contribution < 1.29 is 48.3 Å². The molecule has 2 heterocycles. The molecule has 0 unspecified atom stereocenters. The smallest absolute Gasteiger partial charge is 0.416 e. The normalized spacial score (nSPS) is 12.9. The van der Waals surface area contributed by atoms with Crippen molar-refractivity contribution in [2.75, 3.05) is 13.1 Å². The monoisotopic (exact) mass is 840 g/mol. The van der Waals surface area contributed by atoms with Crippen LogP contribution in [0.5, 0.6) is 5.75 Å². The third-order valence-corrected chi connectivity index (χ3v) is 12.8. The molecule has 0 bridgehead atoms. The van der Waals surface area contributed by atoms with E-state index in [9.17, 15) is 48.3 Å². The second kappa shape index (κ2) is 15.6. The van der Waals surface area contributed by atoms with Gasteiger partial charge in [-0.3, -0.25) is 0 Å². The van der Waals surface area contributed by atoms with Crippen molar-refractivity contribution in [3.8, 4) is 5.75 Å². The second-order valence-corrected chi connectivity index (χ2v) is 17.0. The van der Waals surface area contributed by atoms with Crippen molar-refractivity contribution in [3.63, 3.8) is 0 Å². The van der Waals surface area contributed by atoms with Gasteiger partial charge in [0.05, 0.1) is 26.8 Å². The van der Waals surface area contributed by atoms with Gasteiger partial charge >= 0.3 is 12.4 Å². The van der Waals surface area contributed by atoms with Gasteiger partial charge in [-0.1, -0.05) is 48.5 Å². The van der Waals surface area contributed by atoms with Crippen LogP contribution in [0.25, 0.3) is 21.8 Å². The van der Waals surface area contributed by atoms with Gasteiger partial charge in [0.25, 0.3) is 0 Å². The van der Waals surface area contributed by atoms with Crippen LogP contribution in [-0.4, -0.2) is 45.0 Å². The zero-order chi connectivity index (χ0) is 41.5. The van der Waals surface area contributed by atoms with Crippen molar-refractivity contribution in [2.24, 2.45) is 0 Å². The summed E-state index contributed by atoms with van der Waals surface area (Å²) in [6, 6.07) is 27.6. The maximum Gasteiger partial charge on any atom is 0.416 e. The van der Waals surface area contributed by atoms with Crippen molar-refractivity contribution in [3.05, 3.63) is 161 Å². The lowest BCUT2D eigenvalue weighted by molar-refractivity contribution is -0.138. The molecule has 9 nitrogen and oxygen atoms in total. The number of rotatable bonds is 13. The number of aromatic hydroxyl groups is 1. The molecule has 0 aliphatic carbocycles. The summed E-state index contributed by atoms with van der Waals surface area (Å²) in [5.41, 5.74) is 2.93. The molecule has 0 atom stereocenters. The summed E-state index contributed by atoms with van der Waals surface area (Å²) in [6.45, 7) is -0.266. The van der Waals surface area contributed by atoms with Crippen LogP contribution in [0.2, 0.25) is 0 Å².